The Morgan fingerprint density at radius 1 is 1.06 bits per heavy atom. The average molecular weight is 465 g/mol. The molecule has 0 spiro atoms. The van der Waals surface area contributed by atoms with Gasteiger partial charge in [0.1, 0.15) is 11.8 Å². The topological polar surface area (TPSA) is 58.6 Å². The minimum Gasteiger partial charge on any atom is -0.484 e. The van der Waals surface area contributed by atoms with E-state index in [1.165, 1.54) is 4.90 Å². The molecule has 2 aromatic rings. The SMILES string of the molecule is CC[C@H](C)NC(=O)[C@H](C)N(Cc1ccc(Cl)cc1Cl)C(=O)COc1cc(C)cc(C)c1. The van der Waals surface area contributed by atoms with Crippen LogP contribution in [-0.2, 0) is 16.1 Å². The van der Waals surface area contributed by atoms with Gasteiger partial charge in [-0.25, -0.2) is 0 Å². The molecule has 0 unspecified atom stereocenters. The highest BCUT2D eigenvalue weighted by Crippen LogP contribution is 2.23. The van der Waals surface area contributed by atoms with E-state index in [0.717, 1.165) is 17.5 Å². The van der Waals surface area contributed by atoms with Crippen LogP contribution < -0.4 is 10.1 Å². The van der Waals surface area contributed by atoms with Gasteiger partial charge in [0.25, 0.3) is 5.91 Å². The van der Waals surface area contributed by atoms with Gasteiger partial charge in [0.2, 0.25) is 5.91 Å². The van der Waals surface area contributed by atoms with E-state index in [9.17, 15) is 9.59 Å². The van der Waals surface area contributed by atoms with Crippen LogP contribution in [0.15, 0.2) is 36.4 Å². The molecule has 2 aromatic carbocycles. The number of aryl methyl sites for hydroxylation is 2. The van der Waals surface area contributed by atoms with E-state index in [-0.39, 0.29) is 31.0 Å². The first-order chi connectivity index (χ1) is 14.6. The van der Waals surface area contributed by atoms with Crippen molar-refractivity contribution in [3.8, 4) is 5.75 Å². The summed E-state index contributed by atoms with van der Waals surface area (Å²) in [6.45, 7) is 9.54. The molecule has 2 amide bonds. The summed E-state index contributed by atoms with van der Waals surface area (Å²) in [4.78, 5) is 27.4. The van der Waals surface area contributed by atoms with Gasteiger partial charge in [0, 0.05) is 22.6 Å². The number of hydrogen-bond donors (Lipinski definition) is 1. The molecule has 5 nitrogen and oxygen atoms in total. The van der Waals surface area contributed by atoms with Gasteiger partial charge in [-0.1, -0.05) is 42.3 Å². The quantitative estimate of drug-likeness (QED) is 0.545. The largest absolute Gasteiger partial charge is 0.484 e. The van der Waals surface area contributed by atoms with Gasteiger partial charge >= 0.3 is 0 Å². The van der Waals surface area contributed by atoms with Crippen molar-refractivity contribution in [3.05, 3.63) is 63.1 Å². The monoisotopic (exact) mass is 464 g/mol. The molecule has 0 aliphatic rings. The van der Waals surface area contributed by atoms with E-state index in [0.29, 0.717) is 21.4 Å². The number of amides is 2. The van der Waals surface area contributed by atoms with Crippen molar-refractivity contribution in [1.82, 2.24) is 10.2 Å². The van der Waals surface area contributed by atoms with Crippen LogP contribution in [0, 0.1) is 13.8 Å². The minimum atomic E-state index is -0.698. The molecule has 31 heavy (non-hydrogen) atoms. The highest BCUT2D eigenvalue weighted by molar-refractivity contribution is 6.35. The van der Waals surface area contributed by atoms with Crippen molar-refractivity contribution in [2.24, 2.45) is 0 Å². The summed E-state index contributed by atoms with van der Waals surface area (Å²) in [5.41, 5.74) is 2.80. The van der Waals surface area contributed by atoms with E-state index in [1.54, 1.807) is 25.1 Å². The van der Waals surface area contributed by atoms with Crippen molar-refractivity contribution in [3.63, 3.8) is 0 Å². The van der Waals surface area contributed by atoms with Gasteiger partial charge in [-0.3, -0.25) is 9.59 Å². The second-order valence-corrected chi connectivity index (χ2v) is 8.71. The molecule has 1 N–H and O–H groups in total. The zero-order valence-corrected chi connectivity index (χ0v) is 20.2. The molecule has 0 bridgehead atoms. The highest BCUT2D eigenvalue weighted by atomic mass is 35.5. The lowest BCUT2D eigenvalue weighted by Crippen LogP contribution is -2.50. The first-order valence-electron chi connectivity index (χ1n) is 10.4. The van der Waals surface area contributed by atoms with Crippen LogP contribution in [0.25, 0.3) is 0 Å². The molecule has 0 fully saturated rings. The van der Waals surface area contributed by atoms with Crippen LogP contribution in [0.2, 0.25) is 10.0 Å². The molecule has 0 heterocycles. The van der Waals surface area contributed by atoms with Gasteiger partial charge in [0.05, 0.1) is 0 Å². The van der Waals surface area contributed by atoms with Crippen LogP contribution >= 0.6 is 23.2 Å². The van der Waals surface area contributed by atoms with Crippen LogP contribution in [0.3, 0.4) is 0 Å². The number of carbonyl (C=O) groups excluding carboxylic acids is 2. The van der Waals surface area contributed by atoms with E-state index >= 15 is 0 Å². The smallest absolute Gasteiger partial charge is 0.261 e. The second kappa shape index (κ2) is 11.4. The Labute approximate surface area is 194 Å². The first-order valence-corrected chi connectivity index (χ1v) is 11.1. The molecule has 0 saturated heterocycles. The highest BCUT2D eigenvalue weighted by Gasteiger charge is 2.27. The predicted octanol–water partition coefficient (Wildman–Crippen LogP) is 5.32. The minimum absolute atomic E-state index is 0.0116. The molecule has 168 valence electrons. The Morgan fingerprint density at radius 2 is 1.71 bits per heavy atom. The fourth-order valence-electron chi connectivity index (χ4n) is 3.13. The van der Waals surface area contributed by atoms with Crippen molar-refractivity contribution < 1.29 is 14.3 Å². The summed E-state index contributed by atoms with van der Waals surface area (Å²) in [5.74, 6) is 0.0863. The molecule has 2 rings (SSSR count). The lowest BCUT2D eigenvalue weighted by Gasteiger charge is -2.30. The second-order valence-electron chi connectivity index (χ2n) is 7.86. The van der Waals surface area contributed by atoms with Gasteiger partial charge < -0.3 is 15.0 Å². The Bertz CT molecular complexity index is 913. The number of ether oxygens (including phenoxy) is 1. The Hall–Kier alpha value is -2.24. The zero-order chi connectivity index (χ0) is 23.1. The maximum atomic E-state index is 13.1. The predicted molar refractivity (Wildman–Crippen MR) is 126 cm³/mol. The number of nitrogens with zero attached hydrogens (tertiary/aromatic N) is 1. The number of carbonyl (C=O) groups is 2. The van der Waals surface area contributed by atoms with Crippen LogP contribution in [0.5, 0.6) is 5.75 Å². The third-order valence-corrected chi connectivity index (χ3v) is 5.67. The number of nitrogens with one attached hydrogen (secondary N) is 1. The van der Waals surface area contributed by atoms with Crippen molar-refractivity contribution in [2.45, 2.75) is 59.7 Å². The molecular formula is C24H30Cl2N2O3. The molecule has 0 saturated carbocycles. The Balaban J connectivity index is 2.22. The van der Waals surface area contributed by atoms with Crippen LogP contribution in [0.1, 0.15) is 43.9 Å². The maximum Gasteiger partial charge on any atom is 0.261 e. The van der Waals surface area contributed by atoms with Crippen LogP contribution in [-0.4, -0.2) is 35.4 Å². The number of benzene rings is 2. The summed E-state index contributed by atoms with van der Waals surface area (Å²) in [7, 11) is 0. The first kappa shape index (κ1) is 25.0. The van der Waals surface area contributed by atoms with E-state index < -0.39 is 6.04 Å². The number of hydrogen-bond acceptors (Lipinski definition) is 3. The fourth-order valence-corrected chi connectivity index (χ4v) is 3.59. The average Bonchev–Trinajstić information content (AvgIpc) is 2.70. The molecule has 2 atom stereocenters. The Morgan fingerprint density at radius 3 is 2.29 bits per heavy atom. The van der Waals surface area contributed by atoms with Crippen LogP contribution in [0.4, 0.5) is 0 Å². The van der Waals surface area contributed by atoms with Gasteiger partial charge in [-0.15, -0.1) is 0 Å². The molecule has 0 aliphatic carbocycles. The number of halogens is 2. The Kier molecular flexibility index (Phi) is 9.20. The fraction of sp³-hybridized carbons (Fsp3) is 0.417. The van der Waals surface area contributed by atoms with E-state index in [4.69, 9.17) is 27.9 Å². The summed E-state index contributed by atoms with van der Waals surface area (Å²) in [5, 5.41) is 3.88. The third-order valence-electron chi connectivity index (χ3n) is 5.08. The standard InChI is InChI=1S/C24H30Cl2N2O3/c1-6-17(4)27-24(30)18(5)28(13-19-7-8-20(25)12-22(19)26)23(29)14-31-21-10-15(2)9-16(3)11-21/h7-12,17-18H,6,13-14H2,1-5H3,(H,27,30)/t17-,18-/m0/s1. The lowest BCUT2D eigenvalue weighted by atomic mass is 10.1. The molecule has 0 radical (unpaired) electrons. The van der Waals surface area contributed by atoms with Crippen molar-refractivity contribution in [2.75, 3.05) is 6.61 Å². The summed E-state index contributed by atoms with van der Waals surface area (Å²) >= 11 is 12.3. The van der Waals surface area contributed by atoms with Gasteiger partial charge in [-0.05, 0) is 75.1 Å². The maximum absolute atomic E-state index is 13.1. The lowest BCUT2D eigenvalue weighted by molar-refractivity contribution is -0.142. The van der Waals surface area contributed by atoms with Crippen molar-refractivity contribution >= 4 is 35.0 Å². The molecule has 7 heteroatoms. The summed E-state index contributed by atoms with van der Waals surface area (Å²) < 4.78 is 5.75. The van der Waals surface area contributed by atoms with Gasteiger partial charge in [-0.2, -0.15) is 0 Å². The molecular weight excluding hydrogens is 435 g/mol. The van der Waals surface area contributed by atoms with E-state index in [2.05, 4.69) is 5.32 Å². The normalized spacial score (nSPS) is 12.7. The zero-order valence-electron chi connectivity index (χ0n) is 18.7. The van der Waals surface area contributed by atoms with E-state index in [1.807, 2.05) is 45.9 Å². The van der Waals surface area contributed by atoms with Gasteiger partial charge in [0.15, 0.2) is 6.61 Å². The third kappa shape index (κ3) is 7.44. The molecule has 0 aromatic heterocycles. The summed E-state index contributed by atoms with van der Waals surface area (Å²) in [6.07, 6.45) is 0.797. The van der Waals surface area contributed by atoms with Crippen molar-refractivity contribution in [1.29, 1.82) is 0 Å². The number of rotatable bonds is 9. The molecule has 0 aliphatic heterocycles. The summed E-state index contributed by atoms with van der Waals surface area (Å²) in [6, 6.07) is 10.2.